The first-order valence-electron chi connectivity index (χ1n) is 6.50. The average molecular weight is 246 g/mol. The predicted octanol–water partition coefficient (Wildman–Crippen LogP) is 3.73. The number of hydrogen-bond acceptors (Lipinski definition) is 2. The van der Waals surface area contributed by atoms with Crippen molar-refractivity contribution >= 4 is 16.6 Å². The lowest BCUT2D eigenvalue weighted by Gasteiger charge is -2.16. The van der Waals surface area contributed by atoms with Gasteiger partial charge in [-0.2, -0.15) is 0 Å². The van der Waals surface area contributed by atoms with Crippen molar-refractivity contribution in [2.75, 3.05) is 5.73 Å². The van der Waals surface area contributed by atoms with Crippen molar-refractivity contribution in [3.05, 3.63) is 30.0 Å². The molecule has 0 atom stereocenters. The van der Waals surface area contributed by atoms with Gasteiger partial charge in [0.25, 0.3) is 0 Å². The van der Waals surface area contributed by atoms with E-state index in [4.69, 9.17) is 10.5 Å². The van der Waals surface area contributed by atoms with E-state index in [2.05, 4.69) is 44.4 Å². The number of aromatic nitrogens is 1. The molecule has 0 saturated carbocycles. The first-order chi connectivity index (χ1) is 8.49. The topological polar surface area (TPSA) is 40.2 Å². The number of rotatable bonds is 4. The van der Waals surface area contributed by atoms with Crippen LogP contribution in [0.4, 0.5) is 5.69 Å². The molecule has 0 aliphatic rings. The maximum Gasteiger partial charge on any atom is 0.0871 e. The van der Waals surface area contributed by atoms with Crippen LogP contribution in [0.3, 0.4) is 0 Å². The highest BCUT2D eigenvalue weighted by atomic mass is 16.5. The second-order valence-corrected chi connectivity index (χ2v) is 5.28. The smallest absolute Gasteiger partial charge is 0.0871 e. The van der Waals surface area contributed by atoms with Crippen LogP contribution in [0.15, 0.2) is 24.3 Å². The van der Waals surface area contributed by atoms with E-state index in [1.807, 2.05) is 12.1 Å². The number of nitrogen functional groups attached to an aromatic ring is 1. The minimum Gasteiger partial charge on any atom is -0.399 e. The molecule has 2 N–H and O–H groups in total. The lowest BCUT2D eigenvalue weighted by molar-refractivity contribution is 0.0615. The van der Waals surface area contributed by atoms with E-state index in [-0.39, 0.29) is 6.10 Å². The molecule has 2 aromatic rings. The summed E-state index contributed by atoms with van der Waals surface area (Å²) in [5.41, 5.74) is 9.08. The van der Waals surface area contributed by atoms with Crippen LogP contribution in [0.2, 0.25) is 0 Å². The van der Waals surface area contributed by atoms with Gasteiger partial charge in [-0.15, -0.1) is 0 Å². The largest absolute Gasteiger partial charge is 0.399 e. The number of fused-ring (bicyclic) bond motifs is 1. The molecule has 3 heteroatoms. The van der Waals surface area contributed by atoms with Gasteiger partial charge in [0.05, 0.1) is 12.7 Å². The van der Waals surface area contributed by atoms with E-state index in [1.165, 1.54) is 16.6 Å². The van der Waals surface area contributed by atoms with Crippen LogP contribution < -0.4 is 5.73 Å². The van der Waals surface area contributed by atoms with E-state index in [0.29, 0.717) is 12.6 Å². The second-order valence-electron chi connectivity index (χ2n) is 5.28. The molecule has 3 nitrogen and oxygen atoms in total. The monoisotopic (exact) mass is 246 g/mol. The van der Waals surface area contributed by atoms with Crippen LogP contribution in [0, 0.1) is 0 Å². The Bertz CT molecular complexity index is 541. The van der Waals surface area contributed by atoms with Crippen molar-refractivity contribution in [1.29, 1.82) is 0 Å². The van der Waals surface area contributed by atoms with Gasteiger partial charge in [-0.25, -0.2) is 0 Å². The van der Waals surface area contributed by atoms with Gasteiger partial charge in [0, 0.05) is 28.3 Å². The lowest BCUT2D eigenvalue weighted by atomic mass is 10.2. The fraction of sp³-hybridized carbons (Fsp3) is 0.467. The zero-order valence-electron chi connectivity index (χ0n) is 11.6. The summed E-state index contributed by atoms with van der Waals surface area (Å²) in [6.45, 7) is 9.13. The van der Waals surface area contributed by atoms with Crippen LogP contribution in [0.5, 0.6) is 0 Å². The zero-order valence-corrected chi connectivity index (χ0v) is 11.6. The Labute approximate surface area is 109 Å². The molecule has 2 rings (SSSR count). The molecule has 1 aromatic heterocycles. The van der Waals surface area contributed by atoms with Gasteiger partial charge in [-0.05, 0) is 52.0 Å². The Hall–Kier alpha value is -1.48. The van der Waals surface area contributed by atoms with Crippen molar-refractivity contribution in [3.63, 3.8) is 0 Å². The SMILES string of the molecule is CC(C)OCc1cc2cc(N)ccc2n1C(C)C. The van der Waals surface area contributed by atoms with Crippen molar-refractivity contribution < 1.29 is 4.74 Å². The number of ether oxygens (including phenoxy) is 1. The van der Waals surface area contributed by atoms with Crippen LogP contribution >= 0.6 is 0 Å². The highest BCUT2D eigenvalue weighted by Crippen LogP contribution is 2.26. The van der Waals surface area contributed by atoms with Gasteiger partial charge < -0.3 is 15.0 Å². The third-order valence-corrected chi connectivity index (χ3v) is 3.02. The number of nitrogens with zero attached hydrogens (tertiary/aromatic N) is 1. The zero-order chi connectivity index (χ0) is 13.3. The van der Waals surface area contributed by atoms with Gasteiger partial charge in [-0.1, -0.05) is 0 Å². The number of hydrogen-bond donors (Lipinski definition) is 1. The van der Waals surface area contributed by atoms with Gasteiger partial charge in [-0.3, -0.25) is 0 Å². The maximum absolute atomic E-state index is 5.84. The summed E-state index contributed by atoms with van der Waals surface area (Å²) in [6.07, 6.45) is 0.244. The van der Waals surface area contributed by atoms with Crippen LogP contribution in [-0.2, 0) is 11.3 Å². The molecule has 0 radical (unpaired) electrons. The summed E-state index contributed by atoms with van der Waals surface area (Å²) in [5, 5.41) is 1.19. The molecule has 0 fully saturated rings. The van der Waals surface area contributed by atoms with Crippen LogP contribution in [-0.4, -0.2) is 10.7 Å². The summed E-state index contributed by atoms with van der Waals surface area (Å²) < 4.78 is 8.04. The molecule has 0 aliphatic carbocycles. The van der Waals surface area contributed by atoms with E-state index >= 15 is 0 Å². The Morgan fingerprint density at radius 1 is 1.17 bits per heavy atom. The average Bonchev–Trinajstić information content (AvgIpc) is 2.63. The van der Waals surface area contributed by atoms with E-state index in [1.54, 1.807) is 0 Å². The van der Waals surface area contributed by atoms with Crippen LogP contribution in [0.25, 0.3) is 10.9 Å². The molecule has 0 amide bonds. The molecular weight excluding hydrogens is 224 g/mol. The number of benzene rings is 1. The normalized spacial score (nSPS) is 11.9. The number of nitrogens with two attached hydrogens (primary N) is 1. The minimum atomic E-state index is 0.244. The van der Waals surface area contributed by atoms with E-state index in [9.17, 15) is 0 Å². The Balaban J connectivity index is 2.47. The third kappa shape index (κ3) is 2.51. The summed E-state index contributed by atoms with van der Waals surface area (Å²) >= 11 is 0. The first kappa shape index (κ1) is 13.0. The summed E-state index contributed by atoms with van der Waals surface area (Å²) in [6, 6.07) is 8.65. The molecule has 0 spiro atoms. The quantitative estimate of drug-likeness (QED) is 0.835. The summed E-state index contributed by atoms with van der Waals surface area (Å²) in [4.78, 5) is 0. The van der Waals surface area contributed by atoms with Gasteiger partial charge in [0.1, 0.15) is 0 Å². The predicted molar refractivity (Wildman–Crippen MR) is 76.7 cm³/mol. The fourth-order valence-electron chi connectivity index (χ4n) is 2.28. The van der Waals surface area contributed by atoms with Crippen LogP contribution in [0.1, 0.15) is 39.4 Å². The molecular formula is C15H22N2O. The summed E-state index contributed by atoms with van der Waals surface area (Å²) in [7, 11) is 0. The van der Waals surface area contributed by atoms with Gasteiger partial charge in [0.15, 0.2) is 0 Å². The molecule has 0 bridgehead atoms. The molecule has 18 heavy (non-hydrogen) atoms. The highest BCUT2D eigenvalue weighted by molar-refractivity contribution is 5.84. The fourth-order valence-corrected chi connectivity index (χ4v) is 2.28. The van der Waals surface area contributed by atoms with Crippen molar-refractivity contribution in [2.24, 2.45) is 0 Å². The highest BCUT2D eigenvalue weighted by Gasteiger charge is 2.12. The van der Waals surface area contributed by atoms with Crippen molar-refractivity contribution in [3.8, 4) is 0 Å². The molecule has 0 aliphatic heterocycles. The maximum atomic E-state index is 5.84. The first-order valence-corrected chi connectivity index (χ1v) is 6.50. The standard InChI is InChI=1S/C15H22N2O/c1-10(2)17-14(9-18-11(3)4)8-12-7-13(16)5-6-15(12)17/h5-8,10-11H,9,16H2,1-4H3. The third-order valence-electron chi connectivity index (χ3n) is 3.02. The molecule has 0 unspecified atom stereocenters. The van der Waals surface area contributed by atoms with Gasteiger partial charge >= 0.3 is 0 Å². The second kappa shape index (κ2) is 5.02. The molecule has 98 valence electrons. The van der Waals surface area contributed by atoms with E-state index < -0.39 is 0 Å². The van der Waals surface area contributed by atoms with Crippen molar-refractivity contribution in [2.45, 2.75) is 46.4 Å². The lowest BCUT2D eigenvalue weighted by Crippen LogP contribution is -2.09. The Morgan fingerprint density at radius 2 is 1.89 bits per heavy atom. The Kier molecular flexibility index (Phi) is 3.62. The van der Waals surface area contributed by atoms with E-state index in [0.717, 1.165) is 5.69 Å². The molecule has 1 aromatic carbocycles. The molecule has 0 saturated heterocycles. The Morgan fingerprint density at radius 3 is 2.50 bits per heavy atom. The molecule has 1 heterocycles. The van der Waals surface area contributed by atoms with Crippen molar-refractivity contribution in [1.82, 2.24) is 4.57 Å². The minimum absolute atomic E-state index is 0.244. The summed E-state index contributed by atoms with van der Waals surface area (Å²) in [5.74, 6) is 0. The number of anilines is 1. The van der Waals surface area contributed by atoms with Gasteiger partial charge in [0.2, 0.25) is 0 Å².